The van der Waals surface area contributed by atoms with E-state index in [2.05, 4.69) is 26.5 Å². The molecule has 0 aliphatic heterocycles. The maximum atomic E-state index is 12.1. The van der Waals surface area contributed by atoms with Crippen LogP contribution in [0, 0.1) is 13.8 Å². The van der Waals surface area contributed by atoms with Gasteiger partial charge in [0, 0.05) is 27.2 Å². The van der Waals surface area contributed by atoms with Crippen molar-refractivity contribution >= 4 is 63.0 Å². The molecular formula is C22H20BrCl2N3OS. The second kappa shape index (κ2) is 10.5. The van der Waals surface area contributed by atoms with E-state index in [1.165, 1.54) is 0 Å². The quantitative estimate of drug-likeness (QED) is 0.281. The first-order valence-corrected chi connectivity index (χ1v) is 11.8. The lowest BCUT2D eigenvalue weighted by molar-refractivity contribution is -0.118. The van der Waals surface area contributed by atoms with Gasteiger partial charge in [0.05, 0.1) is 27.7 Å². The Kier molecular flexibility index (Phi) is 8.06. The highest BCUT2D eigenvalue weighted by molar-refractivity contribution is 9.10. The Morgan fingerprint density at radius 1 is 1.20 bits per heavy atom. The first-order chi connectivity index (χ1) is 14.4. The van der Waals surface area contributed by atoms with Crippen LogP contribution in [0.25, 0.3) is 5.69 Å². The smallest absolute Gasteiger partial charge is 0.250 e. The fourth-order valence-corrected chi connectivity index (χ4v) is 4.64. The van der Waals surface area contributed by atoms with Gasteiger partial charge in [0.25, 0.3) is 0 Å². The lowest BCUT2D eigenvalue weighted by atomic mass is 10.2. The standard InChI is InChI=1S/C22H20BrCl2N3OS/c1-14-9-17(15(2)28(14)20-8-4-7-19(24)22(20)25)11-26-27-21(29)13-30-12-16-5-3-6-18(23)10-16/h3-11H,12-13H2,1-2H3,(H,27,29)/b26-11-. The number of nitrogens with zero attached hydrogens (tertiary/aromatic N) is 2. The Morgan fingerprint density at radius 3 is 2.73 bits per heavy atom. The van der Waals surface area contributed by atoms with E-state index in [0.29, 0.717) is 15.8 Å². The van der Waals surface area contributed by atoms with Crippen LogP contribution in [0.1, 0.15) is 22.5 Å². The second-order valence-corrected chi connectivity index (χ2v) is 9.34. The lowest BCUT2D eigenvalue weighted by Crippen LogP contribution is -2.19. The number of halogens is 3. The molecule has 0 unspecified atom stereocenters. The molecule has 3 rings (SSSR count). The molecule has 0 spiro atoms. The Balaban J connectivity index is 1.60. The number of aryl methyl sites for hydroxylation is 1. The zero-order chi connectivity index (χ0) is 21.7. The molecule has 0 atom stereocenters. The summed E-state index contributed by atoms with van der Waals surface area (Å²) in [5.74, 6) is 0.956. The van der Waals surface area contributed by atoms with Crippen molar-refractivity contribution in [3.8, 4) is 5.69 Å². The molecule has 0 aliphatic rings. The molecule has 0 saturated heterocycles. The van der Waals surface area contributed by atoms with Crippen molar-refractivity contribution < 1.29 is 4.79 Å². The number of benzene rings is 2. The van der Waals surface area contributed by atoms with E-state index in [0.717, 1.165) is 38.4 Å². The fraction of sp³-hybridized carbons (Fsp3) is 0.182. The molecule has 0 aliphatic carbocycles. The maximum absolute atomic E-state index is 12.1. The van der Waals surface area contributed by atoms with E-state index in [9.17, 15) is 4.79 Å². The van der Waals surface area contributed by atoms with Crippen LogP contribution in [0.15, 0.2) is 58.1 Å². The zero-order valence-electron chi connectivity index (χ0n) is 16.5. The van der Waals surface area contributed by atoms with Crippen LogP contribution in [0.3, 0.4) is 0 Å². The van der Waals surface area contributed by atoms with Gasteiger partial charge in [0.2, 0.25) is 5.91 Å². The van der Waals surface area contributed by atoms with Gasteiger partial charge in [-0.1, -0.05) is 57.3 Å². The molecule has 0 radical (unpaired) electrons. The topological polar surface area (TPSA) is 46.4 Å². The van der Waals surface area contributed by atoms with Crippen LogP contribution in [0.5, 0.6) is 0 Å². The number of thioether (sulfide) groups is 1. The number of hydrazone groups is 1. The summed E-state index contributed by atoms with van der Waals surface area (Å²) in [5, 5.41) is 5.12. The van der Waals surface area contributed by atoms with Crippen molar-refractivity contribution in [2.24, 2.45) is 5.10 Å². The summed E-state index contributed by atoms with van der Waals surface area (Å²) in [6, 6.07) is 15.6. The first kappa shape index (κ1) is 22.9. The van der Waals surface area contributed by atoms with Crippen LogP contribution in [0.2, 0.25) is 10.0 Å². The molecule has 1 N–H and O–H groups in total. The van der Waals surface area contributed by atoms with Gasteiger partial charge in [-0.15, -0.1) is 11.8 Å². The number of aromatic nitrogens is 1. The van der Waals surface area contributed by atoms with Crippen molar-refractivity contribution in [1.82, 2.24) is 9.99 Å². The molecule has 1 aromatic heterocycles. The molecule has 0 fully saturated rings. The highest BCUT2D eigenvalue weighted by Crippen LogP contribution is 2.31. The van der Waals surface area contributed by atoms with Gasteiger partial charge in [-0.25, -0.2) is 5.43 Å². The highest BCUT2D eigenvalue weighted by atomic mass is 79.9. The van der Waals surface area contributed by atoms with E-state index in [4.69, 9.17) is 23.2 Å². The molecule has 0 saturated carbocycles. The highest BCUT2D eigenvalue weighted by Gasteiger charge is 2.13. The molecular weight excluding hydrogens is 505 g/mol. The van der Waals surface area contributed by atoms with E-state index in [1.54, 1.807) is 24.0 Å². The average molecular weight is 525 g/mol. The SMILES string of the molecule is Cc1cc(/C=N\NC(=O)CSCc2cccc(Br)c2)c(C)n1-c1cccc(Cl)c1Cl. The molecule has 0 bridgehead atoms. The van der Waals surface area contributed by atoms with Crippen LogP contribution < -0.4 is 5.43 Å². The van der Waals surface area contributed by atoms with Crippen molar-refractivity contribution in [2.75, 3.05) is 5.75 Å². The number of carbonyl (C=O) groups excluding carboxylic acids is 1. The minimum atomic E-state index is -0.141. The number of hydrogen-bond acceptors (Lipinski definition) is 3. The van der Waals surface area contributed by atoms with E-state index < -0.39 is 0 Å². The third-order valence-electron chi connectivity index (χ3n) is 4.43. The minimum Gasteiger partial charge on any atom is -0.316 e. The van der Waals surface area contributed by atoms with Gasteiger partial charge in [-0.3, -0.25) is 4.79 Å². The van der Waals surface area contributed by atoms with Crippen molar-refractivity contribution in [1.29, 1.82) is 0 Å². The van der Waals surface area contributed by atoms with E-state index in [-0.39, 0.29) is 5.91 Å². The van der Waals surface area contributed by atoms with Gasteiger partial charge in [0.15, 0.2) is 0 Å². The summed E-state index contributed by atoms with van der Waals surface area (Å²) in [5.41, 5.74) is 7.41. The van der Waals surface area contributed by atoms with Crippen LogP contribution >= 0.6 is 50.9 Å². The molecule has 156 valence electrons. The molecule has 8 heteroatoms. The summed E-state index contributed by atoms with van der Waals surface area (Å²) in [7, 11) is 0. The summed E-state index contributed by atoms with van der Waals surface area (Å²) in [6.07, 6.45) is 1.65. The van der Waals surface area contributed by atoms with Crippen LogP contribution in [0.4, 0.5) is 0 Å². The van der Waals surface area contributed by atoms with Gasteiger partial charge in [0.1, 0.15) is 0 Å². The van der Waals surface area contributed by atoms with Gasteiger partial charge in [-0.05, 0) is 49.7 Å². The third-order valence-corrected chi connectivity index (χ3v) is 6.73. The Labute approximate surface area is 198 Å². The van der Waals surface area contributed by atoms with Gasteiger partial charge < -0.3 is 4.57 Å². The Morgan fingerprint density at radius 2 is 1.97 bits per heavy atom. The summed E-state index contributed by atoms with van der Waals surface area (Å²) in [4.78, 5) is 12.1. The molecule has 3 aromatic rings. The van der Waals surface area contributed by atoms with E-state index >= 15 is 0 Å². The monoisotopic (exact) mass is 523 g/mol. The second-order valence-electron chi connectivity index (χ2n) is 6.65. The minimum absolute atomic E-state index is 0.141. The van der Waals surface area contributed by atoms with Gasteiger partial charge in [-0.2, -0.15) is 5.10 Å². The Bertz CT molecular complexity index is 1100. The predicted octanol–water partition coefficient (Wildman–Crippen LogP) is 6.55. The Hall–Kier alpha value is -1.73. The third kappa shape index (κ3) is 5.70. The number of nitrogens with one attached hydrogen (secondary N) is 1. The number of amides is 1. The van der Waals surface area contributed by atoms with Crippen molar-refractivity contribution in [3.63, 3.8) is 0 Å². The average Bonchev–Trinajstić information content (AvgIpc) is 2.98. The molecule has 30 heavy (non-hydrogen) atoms. The van der Waals surface area contributed by atoms with Crippen LogP contribution in [-0.2, 0) is 10.5 Å². The predicted molar refractivity (Wildman–Crippen MR) is 131 cm³/mol. The zero-order valence-corrected chi connectivity index (χ0v) is 20.4. The summed E-state index contributed by atoms with van der Waals surface area (Å²) < 4.78 is 3.05. The van der Waals surface area contributed by atoms with Crippen molar-refractivity contribution in [3.05, 3.63) is 85.6 Å². The van der Waals surface area contributed by atoms with Crippen molar-refractivity contribution in [2.45, 2.75) is 19.6 Å². The number of hydrogen-bond donors (Lipinski definition) is 1. The lowest BCUT2D eigenvalue weighted by Gasteiger charge is -2.12. The molecule has 4 nitrogen and oxygen atoms in total. The molecule has 1 heterocycles. The molecule has 2 aromatic carbocycles. The number of rotatable bonds is 7. The normalized spacial score (nSPS) is 11.2. The first-order valence-electron chi connectivity index (χ1n) is 9.14. The summed E-state index contributed by atoms with van der Waals surface area (Å²) >= 11 is 17.5. The largest absolute Gasteiger partial charge is 0.316 e. The van der Waals surface area contributed by atoms with E-state index in [1.807, 2.05) is 60.9 Å². The van der Waals surface area contributed by atoms with Crippen LogP contribution in [-0.4, -0.2) is 22.4 Å². The maximum Gasteiger partial charge on any atom is 0.250 e. The number of carbonyl (C=O) groups is 1. The molecule has 1 amide bonds. The fourth-order valence-electron chi connectivity index (χ4n) is 3.05. The van der Waals surface area contributed by atoms with Gasteiger partial charge >= 0.3 is 0 Å². The summed E-state index contributed by atoms with van der Waals surface area (Å²) in [6.45, 7) is 3.96.